The van der Waals surface area contributed by atoms with Crippen LogP contribution in [0.15, 0.2) is 42.5 Å². The van der Waals surface area contributed by atoms with Gasteiger partial charge in [0.05, 0.1) is 22.9 Å². The third-order valence-corrected chi connectivity index (χ3v) is 4.69. The SMILES string of the molecule is CC(NC(=O)CN1C(=O)c2ccccc2C1=O)c1ccc2c(c1)NC(=O)CO2. The van der Waals surface area contributed by atoms with Crippen LogP contribution >= 0.6 is 0 Å². The molecule has 0 bridgehead atoms. The van der Waals surface area contributed by atoms with Gasteiger partial charge in [-0.2, -0.15) is 0 Å². The normalized spacial score (nSPS) is 16.0. The molecule has 8 heteroatoms. The Morgan fingerprint density at radius 1 is 1.14 bits per heavy atom. The molecule has 2 heterocycles. The lowest BCUT2D eigenvalue weighted by molar-refractivity contribution is -0.122. The van der Waals surface area contributed by atoms with Gasteiger partial charge in [-0.25, -0.2) is 0 Å². The fourth-order valence-corrected chi connectivity index (χ4v) is 3.27. The highest BCUT2D eigenvalue weighted by atomic mass is 16.5. The predicted octanol–water partition coefficient (Wildman–Crippen LogP) is 1.49. The lowest BCUT2D eigenvalue weighted by Crippen LogP contribution is -2.41. The number of ether oxygens (including phenoxy) is 1. The Kier molecular flexibility index (Phi) is 4.31. The molecule has 0 saturated heterocycles. The van der Waals surface area contributed by atoms with E-state index in [1.165, 1.54) is 0 Å². The fraction of sp³-hybridized carbons (Fsp3) is 0.200. The van der Waals surface area contributed by atoms with Gasteiger partial charge in [0.25, 0.3) is 17.7 Å². The molecular weight excluding hydrogens is 362 g/mol. The number of anilines is 1. The number of amides is 4. The van der Waals surface area contributed by atoms with Gasteiger partial charge in [0.15, 0.2) is 6.61 Å². The van der Waals surface area contributed by atoms with Crippen molar-refractivity contribution in [2.45, 2.75) is 13.0 Å². The van der Waals surface area contributed by atoms with Crippen LogP contribution in [0.3, 0.4) is 0 Å². The van der Waals surface area contributed by atoms with Gasteiger partial charge in [-0.1, -0.05) is 18.2 Å². The van der Waals surface area contributed by atoms with Gasteiger partial charge >= 0.3 is 0 Å². The first-order valence-corrected chi connectivity index (χ1v) is 8.75. The molecule has 2 aromatic carbocycles. The van der Waals surface area contributed by atoms with Crippen LogP contribution in [0.25, 0.3) is 0 Å². The Morgan fingerprint density at radius 2 is 1.82 bits per heavy atom. The number of imide groups is 1. The number of carbonyl (C=O) groups excluding carboxylic acids is 4. The summed E-state index contributed by atoms with van der Waals surface area (Å²) in [5.74, 6) is -1.09. The van der Waals surface area contributed by atoms with Gasteiger partial charge in [0.1, 0.15) is 12.3 Å². The number of fused-ring (bicyclic) bond motifs is 2. The van der Waals surface area contributed by atoms with Crippen LogP contribution in [0.4, 0.5) is 5.69 Å². The second-order valence-corrected chi connectivity index (χ2v) is 6.62. The number of benzene rings is 2. The summed E-state index contributed by atoms with van der Waals surface area (Å²) in [6.07, 6.45) is 0. The zero-order chi connectivity index (χ0) is 19.8. The van der Waals surface area contributed by atoms with E-state index in [1.807, 2.05) is 0 Å². The third kappa shape index (κ3) is 3.09. The maximum atomic E-state index is 12.4. The molecule has 0 aromatic heterocycles. The molecule has 142 valence electrons. The van der Waals surface area contributed by atoms with Crippen molar-refractivity contribution in [3.05, 3.63) is 59.2 Å². The summed E-state index contributed by atoms with van der Waals surface area (Å²) >= 11 is 0. The third-order valence-electron chi connectivity index (χ3n) is 4.69. The molecular formula is C20H17N3O5. The van der Waals surface area contributed by atoms with Crippen LogP contribution in [0.1, 0.15) is 39.2 Å². The number of hydrogen-bond donors (Lipinski definition) is 2. The van der Waals surface area contributed by atoms with E-state index in [4.69, 9.17) is 4.74 Å². The van der Waals surface area contributed by atoms with Crippen molar-refractivity contribution in [1.29, 1.82) is 0 Å². The molecule has 2 N–H and O–H groups in total. The topological polar surface area (TPSA) is 105 Å². The quantitative estimate of drug-likeness (QED) is 0.783. The fourth-order valence-electron chi connectivity index (χ4n) is 3.27. The van der Waals surface area contributed by atoms with Crippen LogP contribution in [0.2, 0.25) is 0 Å². The van der Waals surface area contributed by atoms with E-state index in [0.29, 0.717) is 22.6 Å². The van der Waals surface area contributed by atoms with Gasteiger partial charge in [0, 0.05) is 0 Å². The van der Waals surface area contributed by atoms with Crippen molar-refractivity contribution in [3.63, 3.8) is 0 Å². The maximum absolute atomic E-state index is 12.4. The average molecular weight is 379 g/mol. The summed E-state index contributed by atoms with van der Waals surface area (Å²) in [7, 11) is 0. The first-order chi connectivity index (χ1) is 13.4. The Morgan fingerprint density at radius 3 is 2.50 bits per heavy atom. The Balaban J connectivity index is 1.43. The second-order valence-electron chi connectivity index (χ2n) is 6.62. The van der Waals surface area contributed by atoms with Gasteiger partial charge in [-0.3, -0.25) is 24.1 Å². The van der Waals surface area contributed by atoms with Gasteiger partial charge in [0.2, 0.25) is 5.91 Å². The lowest BCUT2D eigenvalue weighted by Gasteiger charge is -2.21. The van der Waals surface area contributed by atoms with Crippen molar-refractivity contribution in [1.82, 2.24) is 10.2 Å². The molecule has 2 aliphatic rings. The summed E-state index contributed by atoms with van der Waals surface area (Å²) < 4.78 is 5.31. The van der Waals surface area contributed by atoms with Crippen LogP contribution in [-0.2, 0) is 9.59 Å². The summed E-state index contributed by atoms with van der Waals surface area (Å²) in [5, 5.41) is 5.49. The smallest absolute Gasteiger partial charge is 0.262 e. The van der Waals surface area contributed by atoms with Crippen LogP contribution in [0.5, 0.6) is 5.75 Å². The highest BCUT2D eigenvalue weighted by molar-refractivity contribution is 6.22. The van der Waals surface area contributed by atoms with Gasteiger partial charge in [-0.05, 0) is 36.8 Å². The highest BCUT2D eigenvalue weighted by Crippen LogP contribution is 2.30. The summed E-state index contributed by atoms with van der Waals surface area (Å²) in [4.78, 5) is 49.5. The molecule has 0 saturated carbocycles. The first-order valence-electron chi connectivity index (χ1n) is 8.75. The van der Waals surface area contributed by atoms with Crippen LogP contribution in [0, 0.1) is 0 Å². The molecule has 4 rings (SSSR count). The largest absolute Gasteiger partial charge is 0.482 e. The Labute approximate surface area is 160 Å². The molecule has 0 fully saturated rings. The number of carbonyl (C=O) groups is 4. The minimum Gasteiger partial charge on any atom is -0.482 e. The predicted molar refractivity (Wildman–Crippen MR) is 98.9 cm³/mol. The van der Waals surface area contributed by atoms with Gasteiger partial charge < -0.3 is 15.4 Å². The van der Waals surface area contributed by atoms with E-state index in [9.17, 15) is 19.2 Å². The van der Waals surface area contributed by atoms with E-state index in [-0.39, 0.29) is 19.1 Å². The summed E-state index contributed by atoms with van der Waals surface area (Å²) in [6.45, 7) is 1.38. The Bertz CT molecular complexity index is 982. The molecule has 1 atom stereocenters. The van der Waals surface area contributed by atoms with E-state index in [2.05, 4.69) is 10.6 Å². The number of nitrogens with zero attached hydrogens (tertiary/aromatic N) is 1. The standard InChI is InChI=1S/C20H17N3O5/c1-11(12-6-7-16-15(8-12)22-18(25)10-28-16)21-17(24)9-23-19(26)13-4-2-3-5-14(13)20(23)27/h2-8,11H,9-10H2,1H3,(H,21,24)(H,22,25). The van der Waals surface area contributed by atoms with Gasteiger partial charge in [-0.15, -0.1) is 0 Å². The van der Waals surface area contributed by atoms with E-state index in [0.717, 1.165) is 10.5 Å². The number of rotatable bonds is 4. The Hall–Kier alpha value is -3.68. The minimum atomic E-state index is -0.475. The van der Waals surface area contributed by atoms with E-state index < -0.39 is 23.8 Å². The summed E-state index contributed by atoms with van der Waals surface area (Å²) in [6, 6.07) is 11.3. The molecule has 2 aliphatic heterocycles. The molecule has 8 nitrogen and oxygen atoms in total. The lowest BCUT2D eigenvalue weighted by atomic mass is 10.1. The van der Waals surface area contributed by atoms with Crippen molar-refractivity contribution < 1.29 is 23.9 Å². The second kappa shape index (κ2) is 6.80. The zero-order valence-corrected chi connectivity index (χ0v) is 15.0. The van der Waals surface area contributed by atoms with Crippen molar-refractivity contribution >= 4 is 29.3 Å². The van der Waals surface area contributed by atoms with Crippen LogP contribution < -0.4 is 15.4 Å². The molecule has 28 heavy (non-hydrogen) atoms. The van der Waals surface area contributed by atoms with Crippen molar-refractivity contribution in [2.24, 2.45) is 0 Å². The number of hydrogen-bond acceptors (Lipinski definition) is 5. The van der Waals surface area contributed by atoms with Crippen LogP contribution in [-0.4, -0.2) is 41.7 Å². The number of nitrogens with one attached hydrogen (secondary N) is 2. The highest BCUT2D eigenvalue weighted by Gasteiger charge is 2.36. The van der Waals surface area contributed by atoms with E-state index >= 15 is 0 Å². The maximum Gasteiger partial charge on any atom is 0.262 e. The average Bonchev–Trinajstić information content (AvgIpc) is 2.92. The molecule has 2 aromatic rings. The molecule has 0 aliphatic carbocycles. The molecule has 4 amide bonds. The van der Waals surface area contributed by atoms with E-state index in [1.54, 1.807) is 49.4 Å². The van der Waals surface area contributed by atoms with Crippen molar-refractivity contribution in [2.75, 3.05) is 18.5 Å². The minimum absolute atomic E-state index is 0.0289. The molecule has 1 unspecified atom stereocenters. The zero-order valence-electron chi connectivity index (χ0n) is 15.0. The summed E-state index contributed by atoms with van der Waals surface area (Å²) in [5.41, 5.74) is 1.90. The molecule has 0 radical (unpaired) electrons. The van der Waals surface area contributed by atoms with Crippen molar-refractivity contribution in [3.8, 4) is 5.75 Å². The monoisotopic (exact) mass is 379 g/mol. The molecule has 0 spiro atoms. The first kappa shape index (κ1) is 17.7.